The molecule has 1 aromatic carbocycles. The minimum atomic E-state index is -2.74. The standard InChI is InChI=1S/C22H24FN5O8/c1-10-26-17(24)15-18(27-10)28(9-25-15)19-14(23)16(30)13(36-19)8-35-22(20(31)32,21(33)34)6-11-2-4-12(7-29)5-3-11/h2-5,9,13-14,16,19,29-30H,6-8H2,1H3,(H,31,32)(H,33,34)(H2,24,26,27)/t13-,14+,16-,19-/m1/s1. The van der Waals surface area contributed by atoms with E-state index < -0.39 is 55.2 Å². The van der Waals surface area contributed by atoms with Crippen molar-refractivity contribution in [3.8, 4) is 0 Å². The van der Waals surface area contributed by atoms with Crippen LogP contribution >= 0.6 is 0 Å². The summed E-state index contributed by atoms with van der Waals surface area (Å²) in [6, 6.07) is 5.95. The Morgan fingerprint density at radius 1 is 1.19 bits per heavy atom. The van der Waals surface area contributed by atoms with Crippen LogP contribution in [0.4, 0.5) is 10.2 Å². The van der Waals surface area contributed by atoms with E-state index in [0.29, 0.717) is 17.0 Å². The van der Waals surface area contributed by atoms with Gasteiger partial charge in [-0.1, -0.05) is 24.3 Å². The van der Waals surface area contributed by atoms with E-state index in [1.54, 1.807) is 6.92 Å². The third kappa shape index (κ3) is 4.46. The summed E-state index contributed by atoms with van der Waals surface area (Å²) in [7, 11) is 0. The predicted molar refractivity (Wildman–Crippen MR) is 119 cm³/mol. The average Bonchev–Trinajstić information content (AvgIpc) is 3.37. The van der Waals surface area contributed by atoms with Crippen molar-refractivity contribution in [2.75, 3.05) is 12.3 Å². The number of alkyl halides is 1. The molecular weight excluding hydrogens is 481 g/mol. The van der Waals surface area contributed by atoms with Crippen LogP contribution in [0.1, 0.15) is 23.2 Å². The summed E-state index contributed by atoms with van der Waals surface area (Å²) in [5, 5.41) is 39.1. The molecule has 1 aliphatic heterocycles. The molecule has 1 fully saturated rings. The number of anilines is 1. The Balaban J connectivity index is 1.56. The quantitative estimate of drug-likeness (QED) is 0.243. The first-order valence-electron chi connectivity index (χ1n) is 10.8. The van der Waals surface area contributed by atoms with Crippen LogP contribution in [0.15, 0.2) is 30.6 Å². The lowest BCUT2D eigenvalue weighted by molar-refractivity contribution is -0.190. The Morgan fingerprint density at radius 2 is 1.83 bits per heavy atom. The molecule has 0 amide bonds. The maximum absolute atomic E-state index is 15.1. The Labute approximate surface area is 202 Å². The number of aryl methyl sites for hydroxylation is 1. The third-order valence-corrected chi connectivity index (χ3v) is 5.97. The number of nitrogen functional groups attached to an aromatic ring is 1. The van der Waals surface area contributed by atoms with Crippen LogP contribution in [-0.4, -0.2) is 82.5 Å². The van der Waals surface area contributed by atoms with Gasteiger partial charge in [0, 0.05) is 6.42 Å². The number of carboxylic acid groups (broad SMARTS) is 2. The average molecular weight is 505 g/mol. The normalized spacial score (nSPS) is 22.2. The van der Waals surface area contributed by atoms with Gasteiger partial charge in [-0.2, -0.15) is 0 Å². The van der Waals surface area contributed by atoms with Crippen LogP contribution in [0.2, 0.25) is 0 Å². The van der Waals surface area contributed by atoms with Gasteiger partial charge in [-0.25, -0.2) is 28.9 Å². The van der Waals surface area contributed by atoms with Crippen molar-refractivity contribution in [3.05, 3.63) is 47.5 Å². The van der Waals surface area contributed by atoms with Crippen molar-refractivity contribution < 1.29 is 43.9 Å². The second kappa shape index (κ2) is 9.73. The number of carbonyl (C=O) groups is 2. The first kappa shape index (κ1) is 25.4. The van der Waals surface area contributed by atoms with Crippen molar-refractivity contribution >= 4 is 28.9 Å². The molecule has 0 unspecified atom stereocenters. The van der Waals surface area contributed by atoms with Gasteiger partial charge in [0.25, 0.3) is 5.60 Å². The van der Waals surface area contributed by atoms with E-state index in [-0.39, 0.29) is 23.6 Å². The summed E-state index contributed by atoms with van der Waals surface area (Å²) < 4.78 is 27.2. The largest absolute Gasteiger partial charge is 0.479 e. The lowest BCUT2D eigenvalue weighted by Gasteiger charge is -2.27. The smallest absolute Gasteiger partial charge is 0.348 e. The number of aliphatic hydroxyl groups is 2. The molecule has 4 atom stereocenters. The van der Waals surface area contributed by atoms with Crippen molar-refractivity contribution in [1.82, 2.24) is 19.5 Å². The lowest BCUT2D eigenvalue weighted by atomic mass is 9.93. The van der Waals surface area contributed by atoms with Gasteiger partial charge in [-0.15, -0.1) is 0 Å². The molecule has 4 rings (SSSR count). The molecule has 3 aromatic rings. The SMILES string of the molecule is Cc1nc(N)c2ncn([C@@H]3O[C@H](COC(Cc4ccc(CO)cc4)(C(=O)O)C(=O)O)[C@@H](O)[C@@H]3F)c2n1. The van der Waals surface area contributed by atoms with E-state index in [1.165, 1.54) is 35.2 Å². The molecule has 0 bridgehead atoms. The number of carboxylic acids is 2. The second-order valence-corrected chi connectivity index (χ2v) is 8.38. The molecule has 0 radical (unpaired) electrons. The Kier molecular flexibility index (Phi) is 6.86. The highest BCUT2D eigenvalue weighted by Crippen LogP contribution is 2.35. The number of fused-ring (bicyclic) bond motifs is 1. The molecular formula is C22H24FN5O8. The highest BCUT2D eigenvalue weighted by atomic mass is 19.1. The van der Waals surface area contributed by atoms with Gasteiger partial charge in [0.1, 0.15) is 23.5 Å². The van der Waals surface area contributed by atoms with Gasteiger partial charge in [0.2, 0.25) is 0 Å². The summed E-state index contributed by atoms with van der Waals surface area (Å²) in [5.41, 5.74) is 4.32. The minimum Gasteiger partial charge on any atom is -0.479 e. The van der Waals surface area contributed by atoms with Crippen LogP contribution in [0.25, 0.3) is 11.2 Å². The number of nitrogens with two attached hydrogens (primary N) is 1. The van der Waals surface area contributed by atoms with Gasteiger partial charge in [-0.3, -0.25) is 4.57 Å². The highest BCUT2D eigenvalue weighted by molar-refractivity contribution is 6.02. The predicted octanol–water partition coefficient (Wildman–Crippen LogP) is -0.0271. The molecule has 2 aromatic heterocycles. The monoisotopic (exact) mass is 505 g/mol. The Hall–Kier alpha value is -3.72. The number of aromatic nitrogens is 4. The minimum absolute atomic E-state index is 0.0739. The molecule has 0 spiro atoms. The van der Waals surface area contributed by atoms with Crippen molar-refractivity contribution in [3.63, 3.8) is 0 Å². The molecule has 0 aliphatic carbocycles. The summed E-state index contributed by atoms with van der Waals surface area (Å²) in [4.78, 5) is 36.3. The molecule has 13 nitrogen and oxygen atoms in total. The van der Waals surface area contributed by atoms with E-state index in [2.05, 4.69) is 15.0 Å². The summed E-state index contributed by atoms with van der Waals surface area (Å²) >= 11 is 0. The fraction of sp³-hybridized carbons (Fsp3) is 0.409. The first-order chi connectivity index (χ1) is 17.1. The van der Waals surface area contributed by atoms with E-state index >= 15 is 4.39 Å². The summed E-state index contributed by atoms with van der Waals surface area (Å²) in [5.74, 6) is -3.20. The Bertz CT molecular complexity index is 1270. The molecule has 0 saturated carbocycles. The van der Waals surface area contributed by atoms with Crippen LogP contribution in [0.5, 0.6) is 0 Å². The molecule has 14 heteroatoms. The van der Waals surface area contributed by atoms with E-state index in [1.807, 2.05) is 0 Å². The third-order valence-electron chi connectivity index (χ3n) is 5.97. The van der Waals surface area contributed by atoms with Gasteiger partial charge in [0.05, 0.1) is 19.5 Å². The first-order valence-corrected chi connectivity index (χ1v) is 10.8. The van der Waals surface area contributed by atoms with Crippen LogP contribution in [-0.2, 0) is 32.1 Å². The zero-order valence-electron chi connectivity index (χ0n) is 19.0. The molecule has 3 heterocycles. The van der Waals surface area contributed by atoms with Gasteiger partial charge >= 0.3 is 11.9 Å². The van der Waals surface area contributed by atoms with E-state index in [4.69, 9.17) is 20.3 Å². The number of hydrogen-bond acceptors (Lipinski definition) is 10. The van der Waals surface area contributed by atoms with Crippen LogP contribution in [0.3, 0.4) is 0 Å². The zero-order valence-corrected chi connectivity index (χ0v) is 19.0. The van der Waals surface area contributed by atoms with Crippen LogP contribution < -0.4 is 5.73 Å². The molecule has 6 N–H and O–H groups in total. The fourth-order valence-electron chi connectivity index (χ4n) is 3.99. The number of aliphatic carboxylic acids is 2. The van der Waals surface area contributed by atoms with Crippen molar-refractivity contribution in [2.24, 2.45) is 0 Å². The summed E-state index contributed by atoms with van der Waals surface area (Å²) in [6.07, 6.45) is -5.94. The highest BCUT2D eigenvalue weighted by Gasteiger charge is 2.52. The maximum atomic E-state index is 15.1. The fourth-order valence-corrected chi connectivity index (χ4v) is 3.99. The second-order valence-electron chi connectivity index (χ2n) is 8.38. The van der Waals surface area contributed by atoms with Gasteiger partial charge in [0.15, 0.2) is 23.9 Å². The zero-order chi connectivity index (χ0) is 26.2. The van der Waals surface area contributed by atoms with Gasteiger partial charge in [-0.05, 0) is 18.1 Å². The number of ether oxygens (including phenoxy) is 2. The number of nitrogens with zero attached hydrogens (tertiary/aromatic N) is 4. The lowest BCUT2D eigenvalue weighted by Crippen LogP contribution is -2.52. The Morgan fingerprint density at radius 3 is 2.44 bits per heavy atom. The molecule has 36 heavy (non-hydrogen) atoms. The molecule has 1 aliphatic rings. The number of hydrogen-bond donors (Lipinski definition) is 5. The topological polar surface area (TPSA) is 203 Å². The van der Waals surface area contributed by atoms with E-state index in [0.717, 1.165) is 0 Å². The number of aliphatic hydroxyl groups excluding tert-OH is 2. The number of imidazole rings is 1. The molecule has 1 saturated heterocycles. The number of halogens is 1. The number of benzene rings is 1. The van der Waals surface area contributed by atoms with Crippen LogP contribution in [0, 0.1) is 6.92 Å². The number of rotatable bonds is 9. The molecule has 192 valence electrons. The van der Waals surface area contributed by atoms with Gasteiger partial charge < -0.3 is 35.6 Å². The van der Waals surface area contributed by atoms with Crippen molar-refractivity contribution in [2.45, 2.75) is 50.2 Å². The summed E-state index contributed by atoms with van der Waals surface area (Å²) in [6.45, 7) is 0.594. The van der Waals surface area contributed by atoms with Crippen molar-refractivity contribution in [1.29, 1.82) is 0 Å². The maximum Gasteiger partial charge on any atom is 0.348 e. The van der Waals surface area contributed by atoms with E-state index in [9.17, 15) is 24.9 Å².